The van der Waals surface area contributed by atoms with Crippen molar-refractivity contribution in [1.29, 1.82) is 0 Å². The minimum Gasteiger partial charge on any atom is -0.484 e. The van der Waals surface area contributed by atoms with Gasteiger partial charge in [-0.1, -0.05) is 12.1 Å². The van der Waals surface area contributed by atoms with E-state index in [1.54, 1.807) is 24.1 Å². The van der Waals surface area contributed by atoms with Crippen LogP contribution in [0, 0.1) is 0 Å². The number of hydrogen-bond donors (Lipinski definition) is 1. The van der Waals surface area contributed by atoms with Gasteiger partial charge in [-0.15, -0.1) is 0 Å². The number of ether oxygens (including phenoxy) is 1. The maximum absolute atomic E-state index is 12.0. The van der Waals surface area contributed by atoms with E-state index in [1.807, 2.05) is 0 Å². The lowest BCUT2D eigenvalue weighted by atomic mass is 10.2. The molecule has 1 N–H and O–H groups in total. The summed E-state index contributed by atoms with van der Waals surface area (Å²) in [5.41, 5.74) is 0.681. The third-order valence-corrected chi connectivity index (χ3v) is 2.75. The van der Waals surface area contributed by atoms with Gasteiger partial charge in [0, 0.05) is 6.54 Å². The predicted molar refractivity (Wildman–Crippen MR) is 66.6 cm³/mol. The summed E-state index contributed by atoms with van der Waals surface area (Å²) in [5, 5.41) is 8.87. The second-order valence-corrected chi connectivity index (χ2v) is 4.48. The molecule has 1 unspecified atom stereocenters. The van der Waals surface area contributed by atoms with Crippen molar-refractivity contribution in [2.24, 2.45) is 0 Å². The number of benzene rings is 1. The van der Waals surface area contributed by atoms with E-state index in [0.29, 0.717) is 12.1 Å². The first-order valence-corrected chi connectivity index (χ1v) is 5.90. The molecule has 0 spiro atoms. The second-order valence-electron chi connectivity index (χ2n) is 4.48. The van der Waals surface area contributed by atoms with Crippen molar-refractivity contribution in [2.75, 3.05) is 13.7 Å². The minimum atomic E-state index is -4.38. The summed E-state index contributed by atoms with van der Waals surface area (Å²) in [6.45, 7) is 0.487. The van der Waals surface area contributed by atoms with Gasteiger partial charge in [-0.05, 0) is 31.7 Å². The van der Waals surface area contributed by atoms with E-state index in [-0.39, 0.29) is 5.75 Å². The number of carboxylic acids is 1. The Morgan fingerprint density at radius 1 is 1.45 bits per heavy atom. The summed E-state index contributed by atoms with van der Waals surface area (Å²) < 4.78 is 40.8. The number of nitrogens with zero attached hydrogens (tertiary/aromatic N) is 1. The summed E-state index contributed by atoms with van der Waals surface area (Å²) in [7, 11) is 1.63. The van der Waals surface area contributed by atoms with E-state index in [9.17, 15) is 18.0 Å². The Kier molecular flexibility index (Phi) is 5.38. The van der Waals surface area contributed by atoms with Gasteiger partial charge in [-0.3, -0.25) is 9.69 Å². The molecule has 0 heterocycles. The average molecular weight is 291 g/mol. The van der Waals surface area contributed by atoms with Crippen molar-refractivity contribution in [3.8, 4) is 5.75 Å². The fraction of sp³-hybridized carbons (Fsp3) is 0.462. The lowest BCUT2D eigenvalue weighted by molar-refractivity contribution is -0.153. The van der Waals surface area contributed by atoms with Gasteiger partial charge in [0.05, 0.1) is 0 Å². The molecule has 1 atom stereocenters. The molecule has 0 saturated heterocycles. The Morgan fingerprint density at radius 2 is 2.10 bits per heavy atom. The Hall–Kier alpha value is -1.76. The molecule has 0 aromatic heterocycles. The predicted octanol–water partition coefficient (Wildman–Crippen LogP) is 2.53. The monoisotopic (exact) mass is 291 g/mol. The Morgan fingerprint density at radius 3 is 2.65 bits per heavy atom. The first kappa shape index (κ1) is 16.3. The molecule has 1 aromatic rings. The van der Waals surface area contributed by atoms with Crippen LogP contribution < -0.4 is 4.74 Å². The summed E-state index contributed by atoms with van der Waals surface area (Å²) in [6.07, 6.45) is -4.38. The third-order valence-electron chi connectivity index (χ3n) is 2.75. The highest BCUT2D eigenvalue weighted by Crippen LogP contribution is 2.20. The first-order chi connectivity index (χ1) is 9.19. The molecule has 112 valence electrons. The Bertz CT molecular complexity index is 462. The third kappa shape index (κ3) is 5.48. The van der Waals surface area contributed by atoms with E-state index >= 15 is 0 Å². The molecule has 0 saturated carbocycles. The van der Waals surface area contributed by atoms with E-state index in [0.717, 1.165) is 0 Å². The van der Waals surface area contributed by atoms with Crippen molar-refractivity contribution >= 4 is 5.97 Å². The van der Waals surface area contributed by atoms with Crippen LogP contribution in [0.2, 0.25) is 0 Å². The van der Waals surface area contributed by atoms with Gasteiger partial charge in [0.1, 0.15) is 11.8 Å². The highest BCUT2D eigenvalue weighted by Gasteiger charge is 2.28. The number of likely N-dealkylation sites (N-methyl/N-ethyl adjacent to an activating group) is 1. The van der Waals surface area contributed by atoms with E-state index < -0.39 is 24.8 Å². The molecular formula is C13H16F3NO3. The summed E-state index contributed by atoms with van der Waals surface area (Å²) in [5.74, 6) is -0.854. The molecule has 1 rings (SSSR count). The van der Waals surface area contributed by atoms with Gasteiger partial charge >= 0.3 is 12.1 Å². The second kappa shape index (κ2) is 6.60. The van der Waals surface area contributed by atoms with Gasteiger partial charge < -0.3 is 9.84 Å². The van der Waals surface area contributed by atoms with Crippen molar-refractivity contribution in [1.82, 2.24) is 4.90 Å². The van der Waals surface area contributed by atoms with E-state index in [4.69, 9.17) is 5.11 Å². The van der Waals surface area contributed by atoms with Crippen LogP contribution in [-0.2, 0) is 11.3 Å². The summed E-state index contributed by atoms with van der Waals surface area (Å²) in [4.78, 5) is 12.4. The number of rotatable bonds is 6. The maximum Gasteiger partial charge on any atom is 0.422 e. The number of halogens is 3. The van der Waals surface area contributed by atoms with Crippen molar-refractivity contribution in [2.45, 2.75) is 25.7 Å². The topological polar surface area (TPSA) is 49.8 Å². The van der Waals surface area contributed by atoms with Crippen molar-refractivity contribution in [3.63, 3.8) is 0 Å². The summed E-state index contributed by atoms with van der Waals surface area (Å²) in [6, 6.07) is 5.48. The van der Waals surface area contributed by atoms with Crippen LogP contribution in [0.1, 0.15) is 12.5 Å². The van der Waals surface area contributed by atoms with Gasteiger partial charge in [0.15, 0.2) is 6.61 Å². The molecular weight excluding hydrogens is 275 g/mol. The molecule has 7 heteroatoms. The smallest absolute Gasteiger partial charge is 0.422 e. The molecule has 0 radical (unpaired) electrons. The van der Waals surface area contributed by atoms with Gasteiger partial charge in [0.2, 0.25) is 0 Å². The van der Waals surface area contributed by atoms with E-state index in [2.05, 4.69) is 4.74 Å². The molecule has 0 amide bonds. The summed E-state index contributed by atoms with van der Waals surface area (Å²) >= 11 is 0. The molecule has 1 aromatic carbocycles. The zero-order valence-electron chi connectivity index (χ0n) is 11.1. The SMILES string of the molecule is CC(C(=O)O)N(C)Cc1cccc(OCC(F)(F)F)c1. The fourth-order valence-electron chi connectivity index (χ4n) is 1.51. The van der Waals surface area contributed by atoms with Crippen LogP contribution in [0.15, 0.2) is 24.3 Å². The Labute approximate surface area is 114 Å². The van der Waals surface area contributed by atoms with Crippen LogP contribution in [0.5, 0.6) is 5.75 Å². The first-order valence-electron chi connectivity index (χ1n) is 5.90. The molecule has 0 fully saturated rings. The minimum absolute atomic E-state index is 0.108. The number of carbonyl (C=O) groups is 1. The molecule has 0 aliphatic rings. The number of alkyl halides is 3. The Balaban J connectivity index is 2.66. The highest BCUT2D eigenvalue weighted by molar-refractivity contribution is 5.72. The molecule has 0 aliphatic heterocycles. The largest absolute Gasteiger partial charge is 0.484 e. The standard InChI is InChI=1S/C13H16F3NO3/c1-9(12(18)19)17(2)7-10-4-3-5-11(6-10)20-8-13(14,15)16/h3-6,9H,7-8H2,1-2H3,(H,18,19). The zero-order chi connectivity index (χ0) is 15.3. The lowest BCUT2D eigenvalue weighted by Gasteiger charge is -2.21. The number of aliphatic carboxylic acids is 1. The van der Waals surface area contributed by atoms with Crippen molar-refractivity contribution in [3.05, 3.63) is 29.8 Å². The number of hydrogen-bond acceptors (Lipinski definition) is 3. The quantitative estimate of drug-likeness (QED) is 0.875. The molecule has 4 nitrogen and oxygen atoms in total. The van der Waals surface area contributed by atoms with Crippen molar-refractivity contribution < 1.29 is 27.8 Å². The molecule has 0 bridgehead atoms. The van der Waals surface area contributed by atoms with Gasteiger partial charge in [-0.25, -0.2) is 0 Å². The van der Waals surface area contributed by atoms with Crippen LogP contribution in [-0.4, -0.2) is 41.8 Å². The number of carboxylic acid groups (broad SMARTS) is 1. The van der Waals surface area contributed by atoms with Crippen LogP contribution in [0.4, 0.5) is 13.2 Å². The van der Waals surface area contributed by atoms with Crippen LogP contribution >= 0.6 is 0 Å². The zero-order valence-corrected chi connectivity index (χ0v) is 11.1. The lowest BCUT2D eigenvalue weighted by Crippen LogP contribution is -2.35. The van der Waals surface area contributed by atoms with Crippen LogP contribution in [0.25, 0.3) is 0 Å². The van der Waals surface area contributed by atoms with E-state index in [1.165, 1.54) is 19.1 Å². The normalized spacial score (nSPS) is 13.3. The maximum atomic E-state index is 12.0. The molecule has 20 heavy (non-hydrogen) atoms. The van der Waals surface area contributed by atoms with Gasteiger partial charge in [0.25, 0.3) is 0 Å². The van der Waals surface area contributed by atoms with Crippen LogP contribution in [0.3, 0.4) is 0 Å². The molecule has 0 aliphatic carbocycles. The highest BCUT2D eigenvalue weighted by atomic mass is 19.4. The fourth-order valence-corrected chi connectivity index (χ4v) is 1.51. The average Bonchev–Trinajstić information content (AvgIpc) is 2.35. The van der Waals surface area contributed by atoms with Gasteiger partial charge in [-0.2, -0.15) is 13.2 Å².